The van der Waals surface area contributed by atoms with Gasteiger partial charge in [0, 0.05) is 11.9 Å². The van der Waals surface area contributed by atoms with Gasteiger partial charge in [-0.05, 0) is 37.0 Å². The molecular formula is C14H16ClN3. The molecule has 0 unspecified atom stereocenters. The van der Waals surface area contributed by atoms with Gasteiger partial charge in [-0.25, -0.2) is 9.97 Å². The van der Waals surface area contributed by atoms with Gasteiger partial charge >= 0.3 is 0 Å². The van der Waals surface area contributed by atoms with Crippen LogP contribution in [0, 0.1) is 12.8 Å². The Labute approximate surface area is 112 Å². The van der Waals surface area contributed by atoms with E-state index in [1.54, 1.807) is 0 Å². The molecule has 2 aromatic heterocycles. The van der Waals surface area contributed by atoms with E-state index in [-0.39, 0.29) is 0 Å². The fourth-order valence-corrected chi connectivity index (χ4v) is 1.91. The second-order valence-corrected chi connectivity index (χ2v) is 5.21. The molecule has 0 N–H and O–H groups in total. The molecule has 0 aliphatic heterocycles. The lowest BCUT2D eigenvalue weighted by Gasteiger charge is -2.07. The monoisotopic (exact) mass is 261 g/mol. The molecule has 0 saturated heterocycles. The first-order valence-electron chi connectivity index (χ1n) is 6.01. The van der Waals surface area contributed by atoms with E-state index in [2.05, 4.69) is 28.8 Å². The van der Waals surface area contributed by atoms with Crippen molar-refractivity contribution in [3.05, 3.63) is 40.8 Å². The number of pyridine rings is 1. The predicted molar refractivity (Wildman–Crippen MR) is 73.6 cm³/mol. The molecular weight excluding hydrogens is 246 g/mol. The highest BCUT2D eigenvalue weighted by molar-refractivity contribution is 6.29. The summed E-state index contributed by atoms with van der Waals surface area (Å²) >= 11 is 6.04. The first-order chi connectivity index (χ1) is 8.54. The molecule has 4 heteroatoms. The van der Waals surface area contributed by atoms with Crippen LogP contribution >= 0.6 is 11.6 Å². The number of aryl methyl sites for hydroxylation is 1. The van der Waals surface area contributed by atoms with E-state index in [4.69, 9.17) is 11.6 Å². The van der Waals surface area contributed by atoms with Crippen LogP contribution in [0.1, 0.15) is 25.1 Å². The number of rotatable bonds is 3. The van der Waals surface area contributed by atoms with E-state index in [1.165, 1.54) is 0 Å². The molecule has 0 aromatic carbocycles. The summed E-state index contributed by atoms with van der Waals surface area (Å²) in [5.41, 5.74) is 2.83. The Kier molecular flexibility index (Phi) is 3.92. The zero-order valence-corrected chi connectivity index (χ0v) is 11.6. The minimum Gasteiger partial charge on any atom is -0.253 e. The largest absolute Gasteiger partial charge is 0.253 e. The number of nitrogens with zero attached hydrogens (tertiary/aromatic N) is 3. The molecule has 0 fully saturated rings. The van der Waals surface area contributed by atoms with Crippen molar-refractivity contribution >= 4 is 11.6 Å². The molecule has 18 heavy (non-hydrogen) atoms. The second-order valence-electron chi connectivity index (χ2n) is 4.82. The maximum absolute atomic E-state index is 6.04. The number of hydrogen-bond donors (Lipinski definition) is 0. The van der Waals surface area contributed by atoms with Gasteiger partial charge in [-0.15, -0.1) is 0 Å². The summed E-state index contributed by atoms with van der Waals surface area (Å²) in [5.74, 6) is 1.13. The highest BCUT2D eigenvalue weighted by Gasteiger charge is 2.08. The second kappa shape index (κ2) is 5.44. The highest BCUT2D eigenvalue weighted by Crippen LogP contribution is 2.18. The van der Waals surface area contributed by atoms with E-state index in [9.17, 15) is 0 Å². The van der Waals surface area contributed by atoms with Crippen LogP contribution in [-0.2, 0) is 6.42 Å². The lowest BCUT2D eigenvalue weighted by atomic mass is 10.1. The van der Waals surface area contributed by atoms with Crippen LogP contribution in [0.5, 0.6) is 0 Å². The summed E-state index contributed by atoms with van der Waals surface area (Å²) in [6.07, 6.45) is 2.70. The molecule has 0 bridgehead atoms. The first kappa shape index (κ1) is 13.0. The normalized spacial score (nSPS) is 10.9. The summed E-state index contributed by atoms with van der Waals surface area (Å²) in [6, 6.07) is 5.73. The molecule has 0 atom stereocenters. The van der Waals surface area contributed by atoms with Gasteiger partial charge in [0.2, 0.25) is 0 Å². The zero-order valence-electron chi connectivity index (χ0n) is 10.8. The zero-order chi connectivity index (χ0) is 13.1. The molecule has 94 valence electrons. The highest BCUT2D eigenvalue weighted by atomic mass is 35.5. The topological polar surface area (TPSA) is 38.7 Å². The van der Waals surface area contributed by atoms with Crippen LogP contribution in [-0.4, -0.2) is 15.0 Å². The summed E-state index contributed by atoms with van der Waals surface area (Å²) < 4.78 is 0. The third kappa shape index (κ3) is 3.26. The minimum atomic E-state index is 0.470. The van der Waals surface area contributed by atoms with E-state index in [0.29, 0.717) is 16.9 Å². The van der Waals surface area contributed by atoms with E-state index in [0.717, 1.165) is 23.4 Å². The lowest BCUT2D eigenvalue weighted by Crippen LogP contribution is -2.01. The summed E-state index contributed by atoms with van der Waals surface area (Å²) in [6.45, 7) is 6.30. The molecule has 0 radical (unpaired) electrons. The van der Waals surface area contributed by atoms with Gasteiger partial charge in [0.05, 0.1) is 0 Å². The van der Waals surface area contributed by atoms with Gasteiger partial charge in [-0.1, -0.05) is 31.5 Å². The third-order valence-electron chi connectivity index (χ3n) is 2.51. The van der Waals surface area contributed by atoms with Crippen molar-refractivity contribution < 1.29 is 0 Å². The number of aromatic nitrogens is 3. The van der Waals surface area contributed by atoms with E-state index < -0.39 is 0 Å². The summed E-state index contributed by atoms with van der Waals surface area (Å²) in [4.78, 5) is 13.1. The summed E-state index contributed by atoms with van der Waals surface area (Å²) in [7, 11) is 0. The smallest absolute Gasteiger partial charge is 0.179 e. The van der Waals surface area contributed by atoms with Gasteiger partial charge in [0.15, 0.2) is 5.82 Å². The van der Waals surface area contributed by atoms with Crippen molar-refractivity contribution in [3.8, 4) is 11.5 Å². The fraction of sp³-hybridized carbons (Fsp3) is 0.357. The molecule has 0 aliphatic carbocycles. The molecule has 0 saturated carbocycles. The van der Waals surface area contributed by atoms with Crippen molar-refractivity contribution in [2.45, 2.75) is 27.2 Å². The number of halogens is 1. The quantitative estimate of drug-likeness (QED) is 0.791. The van der Waals surface area contributed by atoms with Gasteiger partial charge in [0.1, 0.15) is 10.8 Å². The Balaban J connectivity index is 2.38. The van der Waals surface area contributed by atoms with Gasteiger partial charge < -0.3 is 0 Å². The van der Waals surface area contributed by atoms with Crippen LogP contribution in [0.15, 0.2) is 24.4 Å². The average molecular weight is 262 g/mol. The van der Waals surface area contributed by atoms with Crippen LogP contribution in [0.25, 0.3) is 11.5 Å². The Morgan fingerprint density at radius 1 is 1.22 bits per heavy atom. The molecule has 3 nitrogen and oxygen atoms in total. The fourth-order valence-electron chi connectivity index (χ4n) is 1.70. The molecule has 0 amide bonds. The minimum absolute atomic E-state index is 0.470. The average Bonchev–Trinajstić information content (AvgIpc) is 2.28. The van der Waals surface area contributed by atoms with Crippen molar-refractivity contribution in [2.75, 3.05) is 0 Å². The van der Waals surface area contributed by atoms with Crippen molar-refractivity contribution in [1.82, 2.24) is 15.0 Å². The number of hydrogen-bond acceptors (Lipinski definition) is 3. The Hall–Kier alpha value is -1.48. The van der Waals surface area contributed by atoms with Gasteiger partial charge in [-0.2, -0.15) is 0 Å². The van der Waals surface area contributed by atoms with Crippen molar-refractivity contribution in [2.24, 2.45) is 5.92 Å². The lowest BCUT2D eigenvalue weighted by molar-refractivity contribution is 0.634. The van der Waals surface area contributed by atoms with Crippen molar-refractivity contribution in [3.63, 3.8) is 0 Å². The maximum atomic E-state index is 6.04. The predicted octanol–water partition coefficient (Wildman–Crippen LogP) is 3.70. The van der Waals surface area contributed by atoms with Crippen LogP contribution in [0.3, 0.4) is 0 Å². The molecule has 2 aromatic rings. The van der Waals surface area contributed by atoms with Crippen LogP contribution in [0.2, 0.25) is 5.15 Å². The Morgan fingerprint density at radius 3 is 2.61 bits per heavy atom. The molecule has 2 rings (SSSR count). The maximum Gasteiger partial charge on any atom is 0.179 e. The third-order valence-corrected chi connectivity index (χ3v) is 2.70. The van der Waals surface area contributed by atoms with E-state index in [1.807, 2.05) is 31.3 Å². The first-order valence-corrected chi connectivity index (χ1v) is 6.39. The van der Waals surface area contributed by atoms with Crippen LogP contribution in [0.4, 0.5) is 0 Å². The summed E-state index contributed by atoms with van der Waals surface area (Å²) in [5, 5.41) is 0.470. The Morgan fingerprint density at radius 2 is 2.00 bits per heavy atom. The molecule has 0 spiro atoms. The molecule has 2 heterocycles. The van der Waals surface area contributed by atoms with Crippen LogP contribution < -0.4 is 0 Å². The van der Waals surface area contributed by atoms with Crippen molar-refractivity contribution in [1.29, 1.82) is 0 Å². The van der Waals surface area contributed by atoms with E-state index >= 15 is 0 Å². The Bertz CT molecular complexity index is 535. The molecule has 0 aliphatic rings. The standard InChI is InChI=1S/C14H16ClN3/c1-9(2)6-11-7-13(15)18-14(17-11)12-5-4-10(3)8-16-12/h4-5,7-9H,6H2,1-3H3. The van der Waals surface area contributed by atoms with Gasteiger partial charge in [-0.3, -0.25) is 4.98 Å². The van der Waals surface area contributed by atoms with Gasteiger partial charge in [0.25, 0.3) is 0 Å². The SMILES string of the molecule is Cc1ccc(-c2nc(Cl)cc(CC(C)C)n2)nc1.